The lowest BCUT2D eigenvalue weighted by molar-refractivity contribution is 0.626. The van der Waals surface area contributed by atoms with Crippen LogP contribution in [0.5, 0.6) is 0 Å². The van der Waals surface area contributed by atoms with Crippen molar-refractivity contribution >= 4 is 21.6 Å². The average Bonchev–Trinajstić information content (AvgIpc) is 2.76. The third-order valence-electron chi connectivity index (χ3n) is 3.71. The first-order valence-corrected chi connectivity index (χ1v) is 7.24. The number of anilines is 1. The van der Waals surface area contributed by atoms with Crippen LogP contribution in [-0.4, -0.2) is 0 Å². The van der Waals surface area contributed by atoms with Gasteiger partial charge in [-0.15, -0.1) is 0 Å². The van der Waals surface area contributed by atoms with Crippen molar-refractivity contribution in [2.75, 3.05) is 5.32 Å². The van der Waals surface area contributed by atoms with Gasteiger partial charge in [-0.3, -0.25) is 0 Å². The fourth-order valence-electron chi connectivity index (χ4n) is 2.67. The smallest absolute Gasteiger partial charge is 0.123 e. The van der Waals surface area contributed by atoms with Crippen molar-refractivity contribution in [1.82, 2.24) is 0 Å². The molecule has 1 aliphatic carbocycles. The third kappa shape index (κ3) is 2.52. The summed E-state index contributed by atoms with van der Waals surface area (Å²) in [4.78, 5) is 0. The molecule has 0 aliphatic heterocycles. The van der Waals surface area contributed by atoms with Gasteiger partial charge in [0.05, 0.1) is 6.04 Å². The van der Waals surface area contributed by atoms with Gasteiger partial charge in [-0.05, 0) is 60.7 Å². The molecule has 2 aromatic rings. The van der Waals surface area contributed by atoms with E-state index in [2.05, 4.69) is 40.3 Å². The second kappa shape index (κ2) is 4.97. The SMILES string of the molecule is Cc1ccc(Br)cc1NC1CCc2cc(F)ccc21. The van der Waals surface area contributed by atoms with Crippen LogP contribution in [0, 0.1) is 12.7 Å². The Hall–Kier alpha value is -1.35. The lowest BCUT2D eigenvalue weighted by Crippen LogP contribution is -2.08. The first-order valence-electron chi connectivity index (χ1n) is 6.44. The molecular formula is C16H15BrFN. The van der Waals surface area contributed by atoms with E-state index < -0.39 is 0 Å². The normalized spacial score (nSPS) is 17.3. The highest BCUT2D eigenvalue weighted by Crippen LogP contribution is 2.35. The van der Waals surface area contributed by atoms with Crippen molar-refractivity contribution in [3.63, 3.8) is 0 Å². The average molecular weight is 320 g/mol. The summed E-state index contributed by atoms with van der Waals surface area (Å²) in [6, 6.07) is 11.6. The maximum absolute atomic E-state index is 13.2. The van der Waals surface area contributed by atoms with Crippen molar-refractivity contribution < 1.29 is 4.39 Å². The van der Waals surface area contributed by atoms with Gasteiger partial charge in [0, 0.05) is 10.2 Å². The summed E-state index contributed by atoms with van der Waals surface area (Å²) in [5.74, 6) is -0.141. The van der Waals surface area contributed by atoms with E-state index >= 15 is 0 Å². The molecule has 3 rings (SSSR count). The number of hydrogen-bond acceptors (Lipinski definition) is 1. The summed E-state index contributed by atoms with van der Waals surface area (Å²) in [7, 11) is 0. The zero-order chi connectivity index (χ0) is 13.4. The van der Waals surface area contributed by atoms with Crippen LogP contribution >= 0.6 is 15.9 Å². The minimum Gasteiger partial charge on any atom is -0.378 e. The Balaban J connectivity index is 1.88. The predicted octanol–water partition coefficient (Wildman–Crippen LogP) is 5.00. The van der Waals surface area contributed by atoms with Crippen LogP contribution in [-0.2, 0) is 6.42 Å². The van der Waals surface area contributed by atoms with Gasteiger partial charge >= 0.3 is 0 Å². The Kier molecular flexibility index (Phi) is 3.31. The molecule has 0 aromatic heterocycles. The number of fused-ring (bicyclic) bond motifs is 1. The lowest BCUT2D eigenvalue weighted by atomic mass is 10.1. The van der Waals surface area contributed by atoms with Crippen molar-refractivity contribution in [3.8, 4) is 0 Å². The molecule has 19 heavy (non-hydrogen) atoms. The van der Waals surface area contributed by atoms with E-state index in [4.69, 9.17) is 0 Å². The van der Waals surface area contributed by atoms with Gasteiger partial charge in [-0.2, -0.15) is 0 Å². The summed E-state index contributed by atoms with van der Waals surface area (Å²) >= 11 is 3.50. The van der Waals surface area contributed by atoms with E-state index in [1.165, 1.54) is 11.1 Å². The Bertz CT molecular complexity index is 624. The minimum atomic E-state index is -0.141. The molecule has 0 heterocycles. The second-order valence-electron chi connectivity index (χ2n) is 5.04. The lowest BCUT2D eigenvalue weighted by Gasteiger charge is -2.17. The maximum atomic E-state index is 13.2. The van der Waals surface area contributed by atoms with E-state index in [-0.39, 0.29) is 11.9 Å². The number of benzene rings is 2. The van der Waals surface area contributed by atoms with Crippen LogP contribution < -0.4 is 5.32 Å². The molecule has 0 spiro atoms. The molecule has 0 amide bonds. The Morgan fingerprint density at radius 2 is 2.05 bits per heavy atom. The zero-order valence-corrected chi connectivity index (χ0v) is 12.3. The van der Waals surface area contributed by atoms with Crippen LogP contribution in [0.1, 0.15) is 29.2 Å². The first-order chi connectivity index (χ1) is 9.13. The molecule has 1 N–H and O–H groups in total. The molecule has 1 aliphatic rings. The molecular weight excluding hydrogens is 305 g/mol. The van der Waals surface area contributed by atoms with Gasteiger partial charge in [0.15, 0.2) is 0 Å². The summed E-state index contributed by atoms with van der Waals surface area (Å²) < 4.78 is 14.3. The molecule has 0 bridgehead atoms. The van der Waals surface area contributed by atoms with Crippen LogP contribution in [0.15, 0.2) is 40.9 Å². The van der Waals surface area contributed by atoms with E-state index in [0.29, 0.717) is 0 Å². The largest absolute Gasteiger partial charge is 0.378 e. The van der Waals surface area contributed by atoms with E-state index in [1.807, 2.05) is 12.1 Å². The Labute approximate surface area is 121 Å². The maximum Gasteiger partial charge on any atom is 0.123 e. The van der Waals surface area contributed by atoms with Gasteiger partial charge in [-0.25, -0.2) is 4.39 Å². The zero-order valence-electron chi connectivity index (χ0n) is 10.7. The van der Waals surface area contributed by atoms with E-state index in [1.54, 1.807) is 12.1 Å². The molecule has 1 atom stereocenters. The predicted molar refractivity (Wildman–Crippen MR) is 80.0 cm³/mol. The minimum absolute atomic E-state index is 0.141. The quantitative estimate of drug-likeness (QED) is 0.821. The highest BCUT2D eigenvalue weighted by atomic mass is 79.9. The molecule has 1 nitrogen and oxygen atoms in total. The van der Waals surface area contributed by atoms with Crippen molar-refractivity contribution in [2.24, 2.45) is 0 Å². The highest BCUT2D eigenvalue weighted by Gasteiger charge is 2.22. The van der Waals surface area contributed by atoms with Gasteiger partial charge in [0.2, 0.25) is 0 Å². The monoisotopic (exact) mass is 319 g/mol. The van der Waals surface area contributed by atoms with Gasteiger partial charge in [0.1, 0.15) is 5.82 Å². The van der Waals surface area contributed by atoms with Crippen LogP contribution in [0.3, 0.4) is 0 Å². The molecule has 0 radical (unpaired) electrons. The molecule has 1 unspecified atom stereocenters. The summed E-state index contributed by atoms with van der Waals surface area (Å²) in [5.41, 5.74) is 4.71. The molecule has 3 heteroatoms. The third-order valence-corrected chi connectivity index (χ3v) is 4.21. The fraction of sp³-hybridized carbons (Fsp3) is 0.250. The number of rotatable bonds is 2. The number of nitrogens with one attached hydrogen (secondary N) is 1. The number of aryl methyl sites for hydroxylation is 2. The number of hydrogen-bond donors (Lipinski definition) is 1. The van der Waals surface area contributed by atoms with E-state index in [0.717, 1.165) is 28.6 Å². The van der Waals surface area contributed by atoms with Crippen molar-refractivity contribution in [1.29, 1.82) is 0 Å². The van der Waals surface area contributed by atoms with Crippen LogP contribution in [0.25, 0.3) is 0 Å². The highest BCUT2D eigenvalue weighted by molar-refractivity contribution is 9.10. The first kappa shape index (κ1) is 12.7. The molecule has 2 aromatic carbocycles. The standard InChI is InChI=1S/C16H15BrFN/c1-10-2-4-12(17)9-16(10)19-15-7-3-11-8-13(18)5-6-14(11)15/h2,4-6,8-9,15,19H,3,7H2,1H3. The van der Waals surface area contributed by atoms with Crippen LogP contribution in [0.4, 0.5) is 10.1 Å². The Morgan fingerprint density at radius 1 is 1.21 bits per heavy atom. The summed E-state index contributed by atoms with van der Waals surface area (Å²) in [6.07, 6.45) is 1.96. The number of halogens is 2. The molecule has 0 fully saturated rings. The van der Waals surface area contributed by atoms with E-state index in [9.17, 15) is 4.39 Å². The van der Waals surface area contributed by atoms with Gasteiger partial charge in [-0.1, -0.05) is 28.1 Å². The van der Waals surface area contributed by atoms with Crippen molar-refractivity contribution in [3.05, 3.63) is 63.4 Å². The second-order valence-corrected chi connectivity index (χ2v) is 5.95. The molecule has 0 saturated heterocycles. The Morgan fingerprint density at radius 3 is 2.89 bits per heavy atom. The van der Waals surface area contributed by atoms with Crippen molar-refractivity contribution in [2.45, 2.75) is 25.8 Å². The molecule has 98 valence electrons. The summed E-state index contributed by atoms with van der Waals surface area (Å²) in [6.45, 7) is 2.09. The summed E-state index contributed by atoms with van der Waals surface area (Å²) in [5, 5.41) is 3.57. The fourth-order valence-corrected chi connectivity index (χ4v) is 3.03. The molecule has 0 saturated carbocycles. The van der Waals surface area contributed by atoms with Gasteiger partial charge in [0.25, 0.3) is 0 Å². The topological polar surface area (TPSA) is 12.0 Å². The van der Waals surface area contributed by atoms with Crippen LogP contribution in [0.2, 0.25) is 0 Å². The van der Waals surface area contributed by atoms with Gasteiger partial charge < -0.3 is 5.32 Å².